The maximum atomic E-state index is 4.42. The van der Waals surface area contributed by atoms with Crippen LogP contribution in [-0.2, 0) is 6.42 Å². The smallest absolute Gasteiger partial charge is 0.0413 e. The Morgan fingerprint density at radius 2 is 2.12 bits per heavy atom. The largest absolute Gasteiger partial charge is 0.314 e. The molecule has 0 amide bonds. The summed E-state index contributed by atoms with van der Waals surface area (Å²) in [4.78, 5) is 4.42. The van der Waals surface area contributed by atoms with E-state index in [9.17, 15) is 0 Å². The zero-order valence-electron chi connectivity index (χ0n) is 10.3. The van der Waals surface area contributed by atoms with Crippen molar-refractivity contribution in [3.05, 3.63) is 28.5 Å². The van der Waals surface area contributed by atoms with Gasteiger partial charge in [-0.25, -0.2) is 0 Å². The highest BCUT2D eigenvalue weighted by Crippen LogP contribution is 2.13. The molecule has 16 heavy (non-hydrogen) atoms. The first-order valence-corrected chi connectivity index (χ1v) is 6.75. The van der Waals surface area contributed by atoms with Crippen LogP contribution in [0.3, 0.4) is 0 Å². The molecule has 1 atom stereocenters. The zero-order valence-corrected chi connectivity index (χ0v) is 11.9. The molecule has 0 radical (unpaired) electrons. The van der Waals surface area contributed by atoms with E-state index in [1.54, 1.807) is 0 Å². The molecule has 1 heterocycles. The monoisotopic (exact) mass is 284 g/mol. The number of nitrogens with zero attached hydrogens (tertiary/aromatic N) is 1. The Hall–Kier alpha value is -0.410. The predicted octanol–water partition coefficient (Wildman–Crippen LogP) is 3.41. The van der Waals surface area contributed by atoms with Crippen LogP contribution in [0.25, 0.3) is 0 Å². The summed E-state index contributed by atoms with van der Waals surface area (Å²) in [7, 11) is 0. The molecule has 0 aliphatic rings. The van der Waals surface area contributed by atoms with Gasteiger partial charge in [0.15, 0.2) is 0 Å². The van der Waals surface area contributed by atoms with Crippen molar-refractivity contribution in [1.29, 1.82) is 0 Å². The second-order valence-corrected chi connectivity index (χ2v) is 5.42. The third-order valence-corrected chi connectivity index (χ3v) is 3.15. The highest BCUT2D eigenvalue weighted by atomic mass is 79.9. The predicted molar refractivity (Wildman–Crippen MR) is 72.6 cm³/mol. The van der Waals surface area contributed by atoms with Crippen molar-refractivity contribution in [2.75, 3.05) is 6.54 Å². The van der Waals surface area contributed by atoms with Crippen LogP contribution in [-0.4, -0.2) is 17.6 Å². The van der Waals surface area contributed by atoms with E-state index in [-0.39, 0.29) is 0 Å². The summed E-state index contributed by atoms with van der Waals surface area (Å²) in [5.41, 5.74) is 1.18. The Morgan fingerprint density at radius 1 is 1.38 bits per heavy atom. The van der Waals surface area contributed by atoms with E-state index in [4.69, 9.17) is 0 Å². The van der Waals surface area contributed by atoms with Gasteiger partial charge in [0.25, 0.3) is 0 Å². The van der Waals surface area contributed by atoms with Crippen molar-refractivity contribution >= 4 is 15.9 Å². The van der Waals surface area contributed by atoms with E-state index in [0.29, 0.717) is 12.0 Å². The maximum absolute atomic E-state index is 4.42. The number of pyridine rings is 1. The fourth-order valence-corrected chi connectivity index (χ4v) is 1.82. The molecule has 0 saturated heterocycles. The third kappa shape index (κ3) is 5.08. The van der Waals surface area contributed by atoms with Gasteiger partial charge in [-0.3, -0.25) is 4.98 Å². The Balaban J connectivity index is 2.46. The second-order valence-electron chi connectivity index (χ2n) is 4.51. The van der Waals surface area contributed by atoms with Crippen LogP contribution in [0.1, 0.15) is 32.9 Å². The van der Waals surface area contributed by atoms with Gasteiger partial charge < -0.3 is 5.32 Å². The minimum Gasteiger partial charge on any atom is -0.314 e. The summed E-state index contributed by atoms with van der Waals surface area (Å²) in [5, 5.41) is 3.49. The molecule has 1 rings (SSSR count). The molecule has 0 spiro atoms. The average Bonchev–Trinajstić information content (AvgIpc) is 2.26. The van der Waals surface area contributed by atoms with E-state index in [1.807, 2.05) is 6.20 Å². The molecule has 90 valence electrons. The van der Waals surface area contributed by atoms with Crippen LogP contribution < -0.4 is 5.32 Å². The summed E-state index contributed by atoms with van der Waals surface area (Å²) in [6.07, 6.45) is 4.12. The van der Waals surface area contributed by atoms with Gasteiger partial charge in [0, 0.05) is 22.4 Å². The number of aromatic nitrogens is 1. The molecule has 0 saturated carbocycles. The highest BCUT2D eigenvalue weighted by molar-refractivity contribution is 9.10. The van der Waals surface area contributed by atoms with Gasteiger partial charge in [-0.15, -0.1) is 0 Å². The lowest BCUT2D eigenvalue weighted by Gasteiger charge is -2.17. The van der Waals surface area contributed by atoms with Crippen molar-refractivity contribution in [1.82, 2.24) is 10.3 Å². The molecule has 0 aromatic carbocycles. The van der Waals surface area contributed by atoms with E-state index in [1.165, 1.54) is 12.1 Å². The molecule has 1 unspecified atom stereocenters. The van der Waals surface area contributed by atoms with Gasteiger partial charge in [-0.2, -0.15) is 0 Å². The molecule has 0 fully saturated rings. The molecule has 1 aromatic rings. The number of nitrogens with one attached hydrogen (secondary N) is 1. The Labute approximate surface area is 107 Å². The van der Waals surface area contributed by atoms with Crippen LogP contribution in [0.5, 0.6) is 0 Å². The quantitative estimate of drug-likeness (QED) is 0.866. The first kappa shape index (κ1) is 13.7. The van der Waals surface area contributed by atoms with Crippen molar-refractivity contribution < 1.29 is 0 Å². The minimum atomic E-state index is 0.562. The topological polar surface area (TPSA) is 24.9 Å². The lowest BCUT2D eigenvalue weighted by molar-refractivity contribution is 0.432. The molecule has 0 aliphatic carbocycles. The minimum absolute atomic E-state index is 0.562. The molecular formula is C13H21BrN2. The van der Waals surface area contributed by atoms with Crippen LogP contribution in [0.15, 0.2) is 22.8 Å². The van der Waals surface area contributed by atoms with Crippen molar-refractivity contribution in [3.8, 4) is 0 Å². The molecular weight excluding hydrogens is 264 g/mol. The standard InChI is InChI=1S/C13H21BrN2/c1-4-11(8-15-10(2)3)7-13-6-5-12(14)9-16-13/h5-6,9-11,15H,4,7-8H2,1-3H3. The molecule has 1 N–H and O–H groups in total. The SMILES string of the molecule is CCC(CNC(C)C)Cc1ccc(Br)cn1. The molecule has 2 nitrogen and oxygen atoms in total. The molecule has 3 heteroatoms. The van der Waals surface area contributed by atoms with Crippen molar-refractivity contribution in [3.63, 3.8) is 0 Å². The molecule has 0 aliphatic heterocycles. The number of halogens is 1. The summed E-state index contributed by atoms with van der Waals surface area (Å²) in [6.45, 7) is 7.69. The fourth-order valence-electron chi connectivity index (χ4n) is 1.59. The first-order valence-electron chi connectivity index (χ1n) is 5.95. The van der Waals surface area contributed by atoms with Gasteiger partial charge >= 0.3 is 0 Å². The summed E-state index contributed by atoms with van der Waals surface area (Å²) in [6, 6.07) is 4.72. The van der Waals surface area contributed by atoms with Crippen molar-refractivity contribution in [2.24, 2.45) is 5.92 Å². The van der Waals surface area contributed by atoms with E-state index < -0.39 is 0 Å². The maximum Gasteiger partial charge on any atom is 0.0413 e. The van der Waals surface area contributed by atoms with Crippen LogP contribution in [0.2, 0.25) is 0 Å². The lowest BCUT2D eigenvalue weighted by atomic mass is 9.99. The number of hydrogen-bond acceptors (Lipinski definition) is 2. The van der Waals surface area contributed by atoms with Crippen LogP contribution in [0.4, 0.5) is 0 Å². The Bertz CT molecular complexity index is 295. The first-order chi connectivity index (χ1) is 7.61. The van der Waals surface area contributed by atoms with Gasteiger partial charge in [0.05, 0.1) is 0 Å². The summed E-state index contributed by atoms with van der Waals surface area (Å²) < 4.78 is 1.05. The van der Waals surface area contributed by atoms with Crippen molar-refractivity contribution in [2.45, 2.75) is 39.7 Å². The van der Waals surface area contributed by atoms with Crippen LogP contribution >= 0.6 is 15.9 Å². The number of hydrogen-bond donors (Lipinski definition) is 1. The van der Waals surface area contributed by atoms with E-state index in [0.717, 1.165) is 17.4 Å². The average molecular weight is 285 g/mol. The fraction of sp³-hybridized carbons (Fsp3) is 0.615. The normalized spacial score (nSPS) is 13.1. The van der Waals surface area contributed by atoms with Gasteiger partial charge in [-0.1, -0.05) is 27.2 Å². The van der Waals surface area contributed by atoms with Crippen LogP contribution in [0, 0.1) is 5.92 Å². The highest BCUT2D eigenvalue weighted by Gasteiger charge is 2.08. The number of rotatable bonds is 6. The van der Waals surface area contributed by atoms with Gasteiger partial charge in [0.1, 0.15) is 0 Å². The summed E-state index contributed by atoms with van der Waals surface area (Å²) in [5.74, 6) is 0.677. The Morgan fingerprint density at radius 3 is 2.62 bits per heavy atom. The molecule has 1 aromatic heterocycles. The Kier molecular flexibility index (Phi) is 5.99. The third-order valence-electron chi connectivity index (χ3n) is 2.68. The van der Waals surface area contributed by atoms with E-state index in [2.05, 4.69) is 59.1 Å². The lowest BCUT2D eigenvalue weighted by Crippen LogP contribution is -2.29. The van der Waals surface area contributed by atoms with Gasteiger partial charge in [-0.05, 0) is 46.9 Å². The summed E-state index contributed by atoms with van der Waals surface area (Å²) >= 11 is 3.40. The molecule has 0 bridgehead atoms. The second kappa shape index (κ2) is 7.02. The van der Waals surface area contributed by atoms with Gasteiger partial charge in [0.2, 0.25) is 0 Å². The van der Waals surface area contributed by atoms with E-state index >= 15 is 0 Å². The zero-order chi connectivity index (χ0) is 12.0.